The normalized spacial score (nSPS) is 28.6. The summed E-state index contributed by atoms with van der Waals surface area (Å²) < 4.78 is 5.78. The summed E-state index contributed by atoms with van der Waals surface area (Å²) in [6, 6.07) is 8.15. The van der Waals surface area contributed by atoms with Gasteiger partial charge in [-0.05, 0) is 44.4 Å². The van der Waals surface area contributed by atoms with Crippen molar-refractivity contribution in [1.29, 1.82) is 0 Å². The Balaban J connectivity index is 0.00000182. The first-order valence-electron chi connectivity index (χ1n) is 9.54. The molecule has 27 heavy (non-hydrogen) atoms. The Morgan fingerprint density at radius 2 is 1.70 bits per heavy atom. The Kier molecular flexibility index (Phi) is 10.1. The first kappa shape index (κ1) is 24.2. The summed E-state index contributed by atoms with van der Waals surface area (Å²) >= 11 is 0. The smallest absolute Gasteiger partial charge is 0.251 e. The van der Waals surface area contributed by atoms with Crippen LogP contribution in [0.1, 0.15) is 55.5 Å². The number of hydrogen-bond acceptors (Lipinski definition) is 4. The number of halogens is 2. The van der Waals surface area contributed by atoms with Gasteiger partial charge in [-0.25, -0.2) is 0 Å². The van der Waals surface area contributed by atoms with Gasteiger partial charge >= 0.3 is 0 Å². The molecule has 0 bridgehead atoms. The van der Waals surface area contributed by atoms with Gasteiger partial charge < -0.3 is 15.8 Å². The summed E-state index contributed by atoms with van der Waals surface area (Å²) in [5.41, 5.74) is 8.07. The highest BCUT2D eigenvalue weighted by molar-refractivity contribution is 5.94. The molecule has 1 aromatic rings. The second-order valence-corrected chi connectivity index (χ2v) is 7.68. The number of morpholine rings is 1. The zero-order valence-corrected chi connectivity index (χ0v) is 17.9. The van der Waals surface area contributed by atoms with Gasteiger partial charge in [-0.1, -0.05) is 25.0 Å². The van der Waals surface area contributed by atoms with Crippen LogP contribution in [0.25, 0.3) is 0 Å². The highest BCUT2D eigenvalue weighted by atomic mass is 35.5. The van der Waals surface area contributed by atoms with E-state index in [0.29, 0.717) is 5.56 Å². The molecule has 1 saturated heterocycles. The predicted molar refractivity (Wildman–Crippen MR) is 114 cm³/mol. The van der Waals surface area contributed by atoms with Gasteiger partial charge in [0.05, 0.1) is 12.2 Å². The maximum absolute atomic E-state index is 12.5. The van der Waals surface area contributed by atoms with Crippen LogP contribution in [0, 0.1) is 0 Å². The maximum Gasteiger partial charge on any atom is 0.251 e. The van der Waals surface area contributed by atoms with Gasteiger partial charge in [0.25, 0.3) is 5.91 Å². The van der Waals surface area contributed by atoms with Gasteiger partial charge in [0.1, 0.15) is 0 Å². The first-order chi connectivity index (χ1) is 12.0. The van der Waals surface area contributed by atoms with Crippen molar-refractivity contribution >= 4 is 30.7 Å². The van der Waals surface area contributed by atoms with Crippen molar-refractivity contribution in [3.8, 4) is 0 Å². The average molecular weight is 418 g/mol. The van der Waals surface area contributed by atoms with Crippen LogP contribution in [0.5, 0.6) is 0 Å². The number of benzene rings is 1. The number of nitrogens with two attached hydrogens (primary N) is 1. The molecule has 2 fully saturated rings. The summed E-state index contributed by atoms with van der Waals surface area (Å²) in [6.45, 7) is 7.03. The van der Waals surface area contributed by atoms with Crippen molar-refractivity contribution in [2.24, 2.45) is 5.73 Å². The molecule has 3 N–H and O–H groups in total. The van der Waals surface area contributed by atoms with Crippen molar-refractivity contribution in [3.05, 3.63) is 35.4 Å². The Bertz CT molecular complexity index is 575. The molecule has 0 spiro atoms. The summed E-state index contributed by atoms with van der Waals surface area (Å²) in [4.78, 5) is 14.9. The number of nitrogens with one attached hydrogen (secondary N) is 1. The van der Waals surface area contributed by atoms with E-state index in [9.17, 15) is 4.79 Å². The molecule has 7 heteroatoms. The van der Waals surface area contributed by atoms with Gasteiger partial charge in [0, 0.05) is 37.3 Å². The molecule has 0 radical (unpaired) electrons. The van der Waals surface area contributed by atoms with Crippen LogP contribution in [-0.4, -0.2) is 48.2 Å². The van der Waals surface area contributed by atoms with Crippen molar-refractivity contribution in [2.75, 3.05) is 13.1 Å². The summed E-state index contributed by atoms with van der Waals surface area (Å²) in [5, 5.41) is 3.11. The van der Waals surface area contributed by atoms with E-state index in [1.54, 1.807) is 0 Å². The lowest BCUT2D eigenvalue weighted by Crippen LogP contribution is -2.49. The topological polar surface area (TPSA) is 67.6 Å². The molecule has 1 aliphatic carbocycles. The Labute approximate surface area is 175 Å². The lowest BCUT2D eigenvalue weighted by atomic mass is 9.91. The monoisotopic (exact) mass is 417 g/mol. The van der Waals surface area contributed by atoms with Crippen molar-refractivity contribution in [3.63, 3.8) is 0 Å². The summed E-state index contributed by atoms with van der Waals surface area (Å²) in [6.07, 6.45) is 4.84. The molecule has 1 saturated carbocycles. The van der Waals surface area contributed by atoms with E-state index in [4.69, 9.17) is 10.5 Å². The molecule has 4 atom stereocenters. The molecule has 3 rings (SSSR count). The Morgan fingerprint density at radius 1 is 1.11 bits per heavy atom. The lowest BCUT2D eigenvalue weighted by molar-refractivity contribution is -0.0704. The summed E-state index contributed by atoms with van der Waals surface area (Å²) in [5.74, 6) is -0.0116. The van der Waals surface area contributed by atoms with E-state index in [0.717, 1.165) is 38.9 Å². The Hall–Kier alpha value is -0.850. The van der Waals surface area contributed by atoms with E-state index in [-0.39, 0.29) is 55.0 Å². The van der Waals surface area contributed by atoms with Crippen LogP contribution >= 0.6 is 24.8 Å². The van der Waals surface area contributed by atoms with E-state index in [1.165, 1.54) is 12.0 Å². The SMILES string of the molecule is CC1CN(Cc2ccc(C(=O)N[C@@H]3CCCC[C@H]3N)cc2)CC(C)O1.Cl.Cl. The number of carbonyl (C=O) groups excluding carboxylic acids is 1. The fraction of sp³-hybridized carbons (Fsp3) is 0.650. The zero-order chi connectivity index (χ0) is 17.8. The molecule has 1 aromatic carbocycles. The number of nitrogens with zero attached hydrogens (tertiary/aromatic N) is 1. The molecular formula is C20H33Cl2N3O2. The van der Waals surface area contributed by atoms with Crippen molar-refractivity contribution < 1.29 is 9.53 Å². The average Bonchev–Trinajstić information content (AvgIpc) is 2.56. The fourth-order valence-corrected chi connectivity index (χ4v) is 4.02. The second-order valence-electron chi connectivity index (χ2n) is 7.68. The van der Waals surface area contributed by atoms with Crippen LogP contribution < -0.4 is 11.1 Å². The van der Waals surface area contributed by atoms with Crippen LogP contribution in [0.15, 0.2) is 24.3 Å². The van der Waals surface area contributed by atoms with Gasteiger partial charge in [-0.15, -0.1) is 24.8 Å². The molecule has 0 aromatic heterocycles. The van der Waals surface area contributed by atoms with Gasteiger partial charge in [-0.3, -0.25) is 9.69 Å². The number of hydrogen-bond donors (Lipinski definition) is 2. The first-order valence-corrected chi connectivity index (χ1v) is 9.54. The van der Waals surface area contributed by atoms with Crippen LogP contribution in [-0.2, 0) is 11.3 Å². The molecule has 5 nitrogen and oxygen atoms in total. The molecule has 1 amide bonds. The highest BCUT2D eigenvalue weighted by Crippen LogP contribution is 2.18. The largest absolute Gasteiger partial charge is 0.373 e. The minimum absolute atomic E-state index is 0. The Morgan fingerprint density at radius 3 is 2.30 bits per heavy atom. The molecule has 2 unspecified atom stereocenters. The number of ether oxygens (including phenoxy) is 1. The standard InChI is InChI=1S/C20H31N3O2.2ClH/c1-14-11-23(12-15(2)25-14)13-16-7-9-17(10-8-16)20(24)22-19-6-4-3-5-18(19)21;;/h7-10,14-15,18-19H,3-6,11-13,21H2,1-2H3,(H,22,24);2*1H/t14?,15?,18-,19-;;/m1../s1. The molecule has 154 valence electrons. The van der Waals surface area contributed by atoms with Gasteiger partial charge in [0.2, 0.25) is 0 Å². The second kappa shape index (κ2) is 11.2. The van der Waals surface area contributed by atoms with E-state index in [1.807, 2.05) is 12.1 Å². The molecule has 1 heterocycles. The van der Waals surface area contributed by atoms with Crippen molar-refractivity contribution in [1.82, 2.24) is 10.2 Å². The molecule has 1 aliphatic heterocycles. The molecule has 2 aliphatic rings. The third-order valence-electron chi connectivity index (χ3n) is 5.25. The minimum atomic E-state index is -0.0116. The van der Waals surface area contributed by atoms with Crippen LogP contribution in [0.2, 0.25) is 0 Å². The van der Waals surface area contributed by atoms with Crippen LogP contribution in [0.4, 0.5) is 0 Å². The third kappa shape index (κ3) is 6.91. The number of carbonyl (C=O) groups is 1. The molecular weight excluding hydrogens is 385 g/mol. The van der Waals surface area contributed by atoms with E-state index < -0.39 is 0 Å². The fourth-order valence-electron chi connectivity index (χ4n) is 4.02. The number of rotatable bonds is 4. The minimum Gasteiger partial charge on any atom is -0.373 e. The van der Waals surface area contributed by atoms with E-state index >= 15 is 0 Å². The maximum atomic E-state index is 12.5. The predicted octanol–water partition coefficient (Wildman–Crippen LogP) is 3.14. The number of amides is 1. The van der Waals surface area contributed by atoms with Crippen LogP contribution in [0.3, 0.4) is 0 Å². The summed E-state index contributed by atoms with van der Waals surface area (Å²) in [7, 11) is 0. The highest BCUT2D eigenvalue weighted by Gasteiger charge is 2.24. The zero-order valence-electron chi connectivity index (χ0n) is 16.2. The quantitative estimate of drug-likeness (QED) is 0.789. The lowest BCUT2D eigenvalue weighted by Gasteiger charge is -2.35. The van der Waals surface area contributed by atoms with E-state index in [2.05, 4.69) is 36.2 Å². The van der Waals surface area contributed by atoms with Gasteiger partial charge in [-0.2, -0.15) is 0 Å². The third-order valence-corrected chi connectivity index (χ3v) is 5.25. The van der Waals surface area contributed by atoms with Gasteiger partial charge in [0.15, 0.2) is 0 Å². The van der Waals surface area contributed by atoms with Crippen molar-refractivity contribution in [2.45, 2.75) is 70.4 Å².